The molecule has 0 aromatic carbocycles. The molecule has 1 aromatic rings. The second-order valence-corrected chi connectivity index (χ2v) is 6.35. The summed E-state index contributed by atoms with van der Waals surface area (Å²) < 4.78 is 11.5. The Labute approximate surface area is 128 Å². The van der Waals surface area contributed by atoms with Crippen molar-refractivity contribution >= 4 is 0 Å². The highest BCUT2D eigenvalue weighted by molar-refractivity contribution is 5.06. The summed E-state index contributed by atoms with van der Waals surface area (Å²) in [6.45, 7) is 11.1. The molecule has 120 valence electrons. The first-order valence-corrected chi connectivity index (χ1v) is 8.32. The van der Waals surface area contributed by atoms with Crippen molar-refractivity contribution in [3.8, 4) is 0 Å². The number of piperidine rings is 1. The number of ether oxygens (including phenoxy) is 1. The van der Waals surface area contributed by atoms with Crippen LogP contribution in [0.4, 0.5) is 0 Å². The third-order valence-corrected chi connectivity index (χ3v) is 3.81. The summed E-state index contributed by atoms with van der Waals surface area (Å²) in [7, 11) is 0. The standard InChI is InChI=1S/C17H30N2O2/c1-15(2)12-18-13-16-6-7-17(21-16)14-20-11-10-19-8-4-3-5-9-19/h6-7,15,18H,3-5,8-14H2,1-2H3. The van der Waals surface area contributed by atoms with E-state index in [0.29, 0.717) is 12.5 Å². The normalized spacial score (nSPS) is 16.7. The molecule has 2 heterocycles. The van der Waals surface area contributed by atoms with Crippen molar-refractivity contribution < 1.29 is 9.15 Å². The zero-order valence-corrected chi connectivity index (χ0v) is 13.6. The Balaban J connectivity index is 1.57. The van der Waals surface area contributed by atoms with Gasteiger partial charge in [0.25, 0.3) is 0 Å². The number of rotatable bonds is 9. The Hall–Kier alpha value is -0.840. The topological polar surface area (TPSA) is 37.6 Å². The average molecular weight is 294 g/mol. The van der Waals surface area contributed by atoms with Crippen molar-refractivity contribution in [3.05, 3.63) is 23.7 Å². The molecule has 2 rings (SSSR count). The molecule has 0 unspecified atom stereocenters. The monoisotopic (exact) mass is 294 g/mol. The smallest absolute Gasteiger partial charge is 0.129 e. The van der Waals surface area contributed by atoms with E-state index in [1.165, 1.54) is 32.4 Å². The number of nitrogens with one attached hydrogen (secondary N) is 1. The first-order chi connectivity index (χ1) is 10.2. The van der Waals surface area contributed by atoms with Crippen molar-refractivity contribution in [1.82, 2.24) is 10.2 Å². The van der Waals surface area contributed by atoms with E-state index in [9.17, 15) is 0 Å². The molecule has 0 bridgehead atoms. The Kier molecular flexibility index (Phi) is 7.27. The molecule has 1 saturated heterocycles. The van der Waals surface area contributed by atoms with Crippen molar-refractivity contribution in [1.29, 1.82) is 0 Å². The van der Waals surface area contributed by atoms with Gasteiger partial charge in [-0.2, -0.15) is 0 Å². The summed E-state index contributed by atoms with van der Waals surface area (Å²) in [6.07, 6.45) is 4.06. The molecular weight excluding hydrogens is 264 g/mol. The van der Waals surface area contributed by atoms with Gasteiger partial charge in [-0.1, -0.05) is 20.3 Å². The third-order valence-electron chi connectivity index (χ3n) is 3.81. The molecule has 1 aromatic heterocycles. The lowest BCUT2D eigenvalue weighted by molar-refractivity contribution is 0.0758. The molecular formula is C17H30N2O2. The Morgan fingerprint density at radius 2 is 1.95 bits per heavy atom. The molecule has 21 heavy (non-hydrogen) atoms. The van der Waals surface area contributed by atoms with Gasteiger partial charge in [0.05, 0.1) is 13.2 Å². The van der Waals surface area contributed by atoms with Gasteiger partial charge >= 0.3 is 0 Å². The second kappa shape index (κ2) is 9.23. The predicted octanol–water partition coefficient (Wildman–Crippen LogP) is 3.03. The zero-order valence-electron chi connectivity index (χ0n) is 13.6. The number of hydrogen-bond acceptors (Lipinski definition) is 4. The maximum absolute atomic E-state index is 5.76. The van der Waals surface area contributed by atoms with Gasteiger partial charge in [0, 0.05) is 6.54 Å². The molecule has 4 heteroatoms. The summed E-state index contributed by atoms with van der Waals surface area (Å²) >= 11 is 0. The maximum atomic E-state index is 5.76. The van der Waals surface area contributed by atoms with Gasteiger partial charge in [-0.05, 0) is 50.5 Å². The first kappa shape index (κ1) is 16.5. The fourth-order valence-electron chi connectivity index (χ4n) is 2.63. The van der Waals surface area contributed by atoms with E-state index in [-0.39, 0.29) is 0 Å². The van der Waals surface area contributed by atoms with Crippen molar-refractivity contribution in [2.24, 2.45) is 5.92 Å². The molecule has 1 aliphatic heterocycles. The number of hydrogen-bond donors (Lipinski definition) is 1. The van der Waals surface area contributed by atoms with E-state index in [2.05, 4.69) is 24.1 Å². The van der Waals surface area contributed by atoms with Gasteiger partial charge in [-0.15, -0.1) is 0 Å². The van der Waals surface area contributed by atoms with Crippen molar-refractivity contribution in [2.75, 3.05) is 32.8 Å². The van der Waals surface area contributed by atoms with E-state index in [1.807, 2.05) is 12.1 Å². The van der Waals surface area contributed by atoms with Crippen LogP contribution >= 0.6 is 0 Å². The summed E-state index contributed by atoms with van der Waals surface area (Å²) in [5, 5.41) is 3.38. The Bertz CT molecular complexity index is 384. The van der Waals surface area contributed by atoms with Crippen LogP contribution in [0.1, 0.15) is 44.6 Å². The van der Waals surface area contributed by atoms with E-state index in [0.717, 1.165) is 37.8 Å². The fraction of sp³-hybridized carbons (Fsp3) is 0.765. The molecule has 0 atom stereocenters. The number of furan rings is 1. The van der Waals surface area contributed by atoms with Gasteiger partial charge < -0.3 is 19.4 Å². The van der Waals surface area contributed by atoms with Crippen LogP contribution in [0.3, 0.4) is 0 Å². The Morgan fingerprint density at radius 3 is 2.71 bits per heavy atom. The molecule has 0 aliphatic carbocycles. The molecule has 0 spiro atoms. The molecule has 1 aliphatic rings. The summed E-state index contributed by atoms with van der Waals surface area (Å²) in [5.41, 5.74) is 0. The van der Waals surface area contributed by atoms with Crippen LogP contribution in [-0.2, 0) is 17.9 Å². The van der Waals surface area contributed by atoms with Gasteiger partial charge in [0.2, 0.25) is 0 Å². The van der Waals surface area contributed by atoms with E-state index < -0.39 is 0 Å². The molecule has 1 fully saturated rings. The fourth-order valence-corrected chi connectivity index (χ4v) is 2.63. The van der Waals surface area contributed by atoms with Crippen LogP contribution in [0.2, 0.25) is 0 Å². The summed E-state index contributed by atoms with van der Waals surface area (Å²) in [5.74, 6) is 2.58. The largest absolute Gasteiger partial charge is 0.462 e. The van der Waals surface area contributed by atoms with Crippen LogP contribution < -0.4 is 5.32 Å². The van der Waals surface area contributed by atoms with Crippen LogP contribution in [0, 0.1) is 5.92 Å². The minimum absolute atomic E-state index is 0.581. The van der Waals surface area contributed by atoms with E-state index in [4.69, 9.17) is 9.15 Å². The highest BCUT2D eigenvalue weighted by Gasteiger charge is 2.09. The highest BCUT2D eigenvalue weighted by atomic mass is 16.5. The maximum Gasteiger partial charge on any atom is 0.129 e. The highest BCUT2D eigenvalue weighted by Crippen LogP contribution is 2.10. The van der Waals surface area contributed by atoms with Gasteiger partial charge in [-0.3, -0.25) is 0 Å². The lowest BCUT2D eigenvalue weighted by atomic mass is 10.1. The lowest BCUT2D eigenvalue weighted by Gasteiger charge is -2.25. The molecule has 0 saturated carbocycles. The van der Waals surface area contributed by atoms with Crippen molar-refractivity contribution in [2.45, 2.75) is 46.3 Å². The second-order valence-electron chi connectivity index (χ2n) is 6.35. The van der Waals surface area contributed by atoms with E-state index >= 15 is 0 Å². The predicted molar refractivity (Wildman–Crippen MR) is 85.2 cm³/mol. The summed E-state index contributed by atoms with van der Waals surface area (Å²) in [4.78, 5) is 2.49. The lowest BCUT2D eigenvalue weighted by Crippen LogP contribution is -2.32. The molecule has 4 nitrogen and oxygen atoms in total. The quantitative estimate of drug-likeness (QED) is 0.710. The molecule has 1 N–H and O–H groups in total. The number of nitrogens with zero attached hydrogens (tertiary/aromatic N) is 1. The number of likely N-dealkylation sites (tertiary alicyclic amines) is 1. The van der Waals surface area contributed by atoms with Gasteiger partial charge in [0.1, 0.15) is 18.1 Å². The van der Waals surface area contributed by atoms with Crippen LogP contribution in [0.15, 0.2) is 16.5 Å². The van der Waals surface area contributed by atoms with Crippen LogP contribution in [0.25, 0.3) is 0 Å². The van der Waals surface area contributed by atoms with Crippen LogP contribution in [-0.4, -0.2) is 37.7 Å². The summed E-state index contributed by atoms with van der Waals surface area (Å²) in [6, 6.07) is 4.06. The molecule has 0 amide bonds. The van der Waals surface area contributed by atoms with Crippen LogP contribution in [0.5, 0.6) is 0 Å². The SMILES string of the molecule is CC(C)CNCc1ccc(COCCN2CCCCC2)o1. The van der Waals surface area contributed by atoms with Gasteiger partial charge in [-0.25, -0.2) is 0 Å². The zero-order chi connectivity index (χ0) is 14.9. The third kappa shape index (κ3) is 6.64. The molecule has 0 radical (unpaired) electrons. The minimum atomic E-state index is 0.581. The van der Waals surface area contributed by atoms with Crippen molar-refractivity contribution in [3.63, 3.8) is 0 Å². The van der Waals surface area contributed by atoms with E-state index in [1.54, 1.807) is 0 Å². The van der Waals surface area contributed by atoms with Gasteiger partial charge in [0.15, 0.2) is 0 Å². The Morgan fingerprint density at radius 1 is 1.19 bits per heavy atom. The average Bonchev–Trinajstić information content (AvgIpc) is 2.92. The first-order valence-electron chi connectivity index (χ1n) is 8.32. The minimum Gasteiger partial charge on any atom is -0.462 e.